The molecule has 6 heteroatoms. The standard InChI is InChI=1S/C15H14FNO3S/c1-17(9-11-5-2-3-6-12(11)16)14(18)10-20-15(19)13-7-4-8-21-13/h2-8H,9-10H2,1H3. The zero-order chi connectivity index (χ0) is 15.2. The molecule has 110 valence electrons. The van der Waals surface area contributed by atoms with Crippen LogP contribution in [0.4, 0.5) is 4.39 Å². The maximum Gasteiger partial charge on any atom is 0.348 e. The molecule has 2 rings (SSSR count). The van der Waals surface area contributed by atoms with Crippen LogP contribution >= 0.6 is 11.3 Å². The van der Waals surface area contributed by atoms with Crippen molar-refractivity contribution in [1.29, 1.82) is 0 Å². The second-order valence-corrected chi connectivity index (χ2v) is 5.34. The van der Waals surface area contributed by atoms with Crippen LogP contribution in [-0.2, 0) is 16.1 Å². The van der Waals surface area contributed by atoms with Crippen LogP contribution < -0.4 is 0 Å². The van der Waals surface area contributed by atoms with E-state index in [0.717, 1.165) is 0 Å². The number of carbonyl (C=O) groups excluding carboxylic acids is 2. The highest BCUT2D eigenvalue weighted by atomic mass is 32.1. The number of likely N-dealkylation sites (N-methyl/N-ethyl adjacent to an activating group) is 1. The highest BCUT2D eigenvalue weighted by Crippen LogP contribution is 2.11. The highest BCUT2D eigenvalue weighted by molar-refractivity contribution is 7.11. The Labute approximate surface area is 125 Å². The minimum atomic E-state index is -0.530. The summed E-state index contributed by atoms with van der Waals surface area (Å²) in [6, 6.07) is 9.59. The van der Waals surface area contributed by atoms with Crippen molar-refractivity contribution in [2.45, 2.75) is 6.54 Å². The Morgan fingerprint density at radius 3 is 2.67 bits per heavy atom. The van der Waals surface area contributed by atoms with E-state index in [2.05, 4.69) is 0 Å². The smallest absolute Gasteiger partial charge is 0.348 e. The molecule has 0 saturated heterocycles. The molecule has 2 aromatic rings. The summed E-state index contributed by atoms with van der Waals surface area (Å²) in [5, 5.41) is 1.75. The molecule has 1 heterocycles. The van der Waals surface area contributed by atoms with Crippen LogP contribution in [0.25, 0.3) is 0 Å². The lowest BCUT2D eigenvalue weighted by atomic mass is 10.2. The van der Waals surface area contributed by atoms with Crippen LogP contribution in [-0.4, -0.2) is 30.4 Å². The number of rotatable bonds is 5. The van der Waals surface area contributed by atoms with Gasteiger partial charge in [-0.3, -0.25) is 4.79 Å². The van der Waals surface area contributed by atoms with Gasteiger partial charge in [0.05, 0.1) is 0 Å². The van der Waals surface area contributed by atoms with E-state index in [4.69, 9.17) is 4.74 Å². The summed E-state index contributed by atoms with van der Waals surface area (Å²) in [4.78, 5) is 25.2. The molecule has 0 saturated carbocycles. The third-order valence-corrected chi connectivity index (χ3v) is 3.69. The molecule has 0 radical (unpaired) electrons. The van der Waals surface area contributed by atoms with Crippen LogP contribution in [0.3, 0.4) is 0 Å². The number of thiophene rings is 1. The van der Waals surface area contributed by atoms with Crippen LogP contribution in [0, 0.1) is 5.82 Å². The monoisotopic (exact) mass is 307 g/mol. The second kappa shape index (κ2) is 6.99. The molecule has 0 aliphatic carbocycles. The summed E-state index contributed by atoms with van der Waals surface area (Å²) in [5.41, 5.74) is 0.415. The van der Waals surface area contributed by atoms with Gasteiger partial charge in [-0.05, 0) is 17.5 Å². The van der Waals surface area contributed by atoms with Gasteiger partial charge in [0.2, 0.25) is 0 Å². The molecule has 1 amide bonds. The van der Waals surface area contributed by atoms with Crippen molar-refractivity contribution in [3.05, 3.63) is 58.0 Å². The lowest BCUT2D eigenvalue weighted by molar-refractivity contribution is -0.133. The molecular weight excluding hydrogens is 293 g/mol. The van der Waals surface area contributed by atoms with Crippen LogP contribution in [0.2, 0.25) is 0 Å². The lowest BCUT2D eigenvalue weighted by Crippen LogP contribution is -2.31. The molecule has 0 aliphatic rings. The summed E-state index contributed by atoms with van der Waals surface area (Å²) in [6.07, 6.45) is 0. The number of benzene rings is 1. The molecule has 0 unspecified atom stereocenters. The predicted octanol–water partition coefficient (Wildman–Crippen LogP) is 2.70. The zero-order valence-electron chi connectivity index (χ0n) is 11.4. The SMILES string of the molecule is CN(Cc1ccccc1F)C(=O)COC(=O)c1cccs1. The molecule has 1 aromatic heterocycles. The van der Waals surface area contributed by atoms with Gasteiger partial charge in [-0.1, -0.05) is 24.3 Å². The van der Waals surface area contributed by atoms with E-state index in [9.17, 15) is 14.0 Å². The van der Waals surface area contributed by atoms with Gasteiger partial charge >= 0.3 is 5.97 Å². The van der Waals surface area contributed by atoms with Crippen LogP contribution in [0.1, 0.15) is 15.2 Å². The maximum absolute atomic E-state index is 13.5. The Kier molecular flexibility index (Phi) is 5.05. The van der Waals surface area contributed by atoms with Crippen LogP contribution in [0.5, 0.6) is 0 Å². The van der Waals surface area contributed by atoms with Crippen molar-refractivity contribution in [1.82, 2.24) is 4.90 Å². The van der Waals surface area contributed by atoms with Gasteiger partial charge in [0, 0.05) is 19.2 Å². The van der Waals surface area contributed by atoms with Gasteiger partial charge in [0.1, 0.15) is 10.7 Å². The van der Waals surface area contributed by atoms with Crippen molar-refractivity contribution in [2.75, 3.05) is 13.7 Å². The molecule has 0 fully saturated rings. The molecule has 21 heavy (non-hydrogen) atoms. The summed E-state index contributed by atoms with van der Waals surface area (Å²) in [6.45, 7) is -0.232. The topological polar surface area (TPSA) is 46.6 Å². The number of nitrogens with zero attached hydrogens (tertiary/aromatic N) is 1. The molecule has 0 spiro atoms. The van der Waals surface area contributed by atoms with Crippen molar-refractivity contribution >= 4 is 23.2 Å². The molecular formula is C15H14FNO3S. The number of hydrogen-bond acceptors (Lipinski definition) is 4. The molecule has 1 aromatic carbocycles. The number of amides is 1. The van der Waals surface area contributed by atoms with Crippen molar-refractivity contribution in [3.63, 3.8) is 0 Å². The number of ether oxygens (including phenoxy) is 1. The van der Waals surface area contributed by atoms with E-state index >= 15 is 0 Å². The van der Waals surface area contributed by atoms with E-state index in [1.54, 1.807) is 35.7 Å². The van der Waals surface area contributed by atoms with E-state index < -0.39 is 5.97 Å². The van der Waals surface area contributed by atoms with E-state index in [-0.39, 0.29) is 24.9 Å². The quantitative estimate of drug-likeness (QED) is 0.798. The minimum Gasteiger partial charge on any atom is -0.451 e. The first kappa shape index (κ1) is 15.2. The second-order valence-electron chi connectivity index (χ2n) is 4.39. The Bertz CT molecular complexity index is 628. The first-order valence-electron chi connectivity index (χ1n) is 6.26. The minimum absolute atomic E-state index is 0.127. The molecule has 0 bridgehead atoms. The van der Waals surface area contributed by atoms with Crippen molar-refractivity contribution < 1.29 is 18.7 Å². The van der Waals surface area contributed by atoms with Gasteiger partial charge in [-0.2, -0.15) is 0 Å². The highest BCUT2D eigenvalue weighted by Gasteiger charge is 2.15. The van der Waals surface area contributed by atoms with Gasteiger partial charge in [0.25, 0.3) is 5.91 Å². The Morgan fingerprint density at radius 1 is 1.24 bits per heavy atom. The maximum atomic E-state index is 13.5. The Hall–Kier alpha value is -2.21. The fourth-order valence-electron chi connectivity index (χ4n) is 1.67. The number of halogens is 1. The van der Waals surface area contributed by atoms with Crippen molar-refractivity contribution in [3.8, 4) is 0 Å². The van der Waals surface area contributed by atoms with Gasteiger partial charge in [0.15, 0.2) is 6.61 Å². The third-order valence-electron chi connectivity index (χ3n) is 2.84. The Balaban J connectivity index is 1.86. The third kappa shape index (κ3) is 4.13. The lowest BCUT2D eigenvalue weighted by Gasteiger charge is -2.17. The largest absolute Gasteiger partial charge is 0.451 e. The number of esters is 1. The summed E-state index contributed by atoms with van der Waals surface area (Å²) in [7, 11) is 1.54. The zero-order valence-corrected chi connectivity index (χ0v) is 12.2. The predicted molar refractivity (Wildman–Crippen MR) is 77.5 cm³/mol. The average molecular weight is 307 g/mol. The van der Waals surface area contributed by atoms with Crippen molar-refractivity contribution in [2.24, 2.45) is 0 Å². The molecule has 0 N–H and O–H groups in total. The average Bonchev–Trinajstić information content (AvgIpc) is 3.01. The van der Waals surface area contributed by atoms with Gasteiger partial charge in [-0.25, -0.2) is 9.18 Å². The number of hydrogen-bond donors (Lipinski definition) is 0. The van der Waals surface area contributed by atoms with Gasteiger partial charge in [-0.15, -0.1) is 11.3 Å². The van der Waals surface area contributed by atoms with E-state index in [0.29, 0.717) is 10.4 Å². The normalized spacial score (nSPS) is 10.2. The van der Waals surface area contributed by atoms with E-state index in [1.165, 1.54) is 29.4 Å². The van der Waals surface area contributed by atoms with Crippen LogP contribution in [0.15, 0.2) is 41.8 Å². The number of carbonyl (C=O) groups is 2. The van der Waals surface area contributed by atoms with E-state index in [1.807, 2.05) is 0 Å². The summed E-state index contributed by atoms with van der Waals surface area (Å²) >= 11 is 1.25. The summed E-state index contributed by atoms with van der Waals surface area (Å²) < 4.78 is 18.4. The first-order chi connectivity index (χ1) is 10.1. The Morgan fingerprint density at radius 2 is 2.00 bits per heavy atom. The fraction of sp³-hybridized carbons (Fsp3) is 0.200. The summed E-state index contributed by atoms with van der Waals surface area (Å²) in [5.74, 6) is -1.28. The van der Waals surface area contributed by atoms with Gasteiger partial charge < -0.3 is 9.64 Å². The first-order valence-corrected chi connectivity index (χ1v) is 7.14. The fourth-order valence-corrected chi connectivity index (χ4v) is 2.29. The molecule has 4 nitrogen and oxygen atoms in total. The molecule has 0 atom stereocenters. The molecule has 0 aliphatic heterocycles.